The van der Waals surface area contributed by atoms with Crippen LogP contribution in [0.2, 0.25) is 0 Å². The Kier molecular flexibility index (Phi) is 10.7. The monoisotopic (exact) mass is 621 g/mol. The Morgan fingerprint density at radius 2 is 1.78 bits per heavy atom. The quantitative estimate of drug-likeness (QED) is 0.270. The standard InChI is InChI=1S/C34H47N5O6/c1-6-25-12-11-24-10-9-23(20-27(24)36-25)13-14-34(17-15-33(5,45)16-18-34)32(44)37-28(21(2)3)29(40)35-22(4)30(41)39-19-7-8-26(38-39)31(42)43/h9-14,20-22,26,28,38,45H,6-8,15-19H2,1-5H3,(H,35,40)(H,37,44)(H,42,43)/b14-13+/t22?,26-,28-,33-,34+/m0/s1. The van der Waals surface area contributed by atoms with E-state index in [0.29, 0.717) is 45.1 Å². The number of carbonyl (C=O) groups excluding carboxylic acids is 3. The summed E-state index contributed by atoms with van der Waals surface area (Å²) in [6.07, 6.45) is 7.23. The molecular formula is C34H47N5O6. The summed E-state index contributed by atoms with van der Waals surface area (Å²) in [5.74, 6) is -2.58. The number of hydrogen-bond donors (Lipinski definition) is 5. The Labute approximate surface area is 264 Å². The molecule has 3 atom stereocenters. The van der Waals surface area contributed by atoms with Crippen LogP contribution in [0, 0.1) is 11.3 Å². The van der Waals surface area contributed by atoms with Crippen molar-refractivity contribution in [1.29, 1.82) is 0 Å². The van der Waals surface area contributed by atoms with E-state index >= 15 is 0 Å². The van der Waals surface area contributed by atoms with E-state index in [4.69, 9.17) is 4.98 Å². The number of aromatic nitrogens is 1. The maximum atomic E-state index is 14.1. The molecular weight excluding hydrogens is 574 g/mol. The Bertz CT molecular complexity index is 1440. The fourth-order valence-electron chi connectivity index (χ4n) is 5.98. The summed E-state index contributed by atoms with van der Waals surface area (Å²) in [7, 11) is 0. The minimum Gasteiger partial charge on any atom is -0.480 e. The smallest absolute Gasteiger partial charge is 0.322 e. The van der Waals surface area contributed by atoms with Gasteiger partial charge in [-0.1, -0.05) is 51.1 Å². The van der Waals surface area contributed by atoms with Gasteiger partial charge in [-0.3, -0.25) is 29.2 Å². The highest BCUT2D eigenvalue weighted by atomic mass is 16.4. The van der Waals surface area contributed by atoms with Gasteiger partial charge in [0.1, 0.15) is 18.1 Å². The largest absolute Gasteiger partial charge is 0.480 e. The highest BCUT2D eigenvalue weighted by molar-refractivity contribution is 5.94. The molecule has 2 aliphatic rings. The number of hydrazine groups is 1. The van der Waals surface area contributed by atoms with Gasteiger partial charge >= 0.3 is 5.97 Å². The van der Waals surface area contributed by atoms with Crippen molar-refractivity contribution >= 4 is 40.7 Å². The van der Waals surface area contributed by atoms with Gasteiger partial charge in [-0.25, -0.2) is 5.43 Å². The summed E-state index contributed by atoms with van der Waals surface area (Å²) in [6, 6.07) is 7.32. The van der Waals surface area contributed by atoms with Gasteiger partial charge in [-0.15, -0.1) is 0 Å². The fraction of sp³-hybridized carbons (Fsp3) is 0.559. The van der Waals surface area contributed by atoms with Crippen molar-refractivity contribution in [3.8, 4) is 0 Å². The van der Waals surface area contributed by atoms with E-state index in [1.54, 1.807) is 13.8 Å². The molecule has 4 rings (SSSR count). The Hall–Kier alpha value is -3.83. The molecule has 1 saturated heterocycles. The summed E-state index contributed by atoms with van der Waals surface area (Å²) in [5.41, 5.74) is 3.66. The average Bonchev–Trinajstić information content (AvgIpc) is 3.02. The van der Waals surface area contributed by atoms with Crippen LogP contribution in [-0.2, 0) is 25.6 Å². The summed E-state index contributed by atoms with van der Waals surface area (Å²) in [4.78, 5) is 56.7. The number of hydrogen-bond acceptors (Lipinski definition) is 7. The van der Waals surface area contributed by atoms with Crippen LogP contribution < -0.4 is 16.1 Å². The van der Waals surface area contributed by atoms with E-state index in [0.717, 1.165) is 28.6 Å². The molecule has 1 aliphatic heterocycles. The lowest BCUT2D eigenvalue weighted by Crippen LogP contribution is -2.61. The van der Waals surface area contributed by atoms with Crippen molar-refractivity contribution in [2.75, 3.05) is 6.54 Å². The molecule has 244 valence electrons. The Morgan fingerprint density at radius 1 is 1.09 bits per heavy atom. The van der Waals surface area contributed by atoms with Gasteiger partial charge in [-0.2, -0.15) is 0 Å². The number of aliphatic carboxylic acids is 1. The second-order valence-electron chi connectivity index (χ2n) is 13.2. The predicted octanol–water partition coefficient (Wildman–Crippen LogP) is 3.35. The molecule has 2 heterocycles. The molecule has 0 bridgehead atoms. The molecule has 0 spiro atoms. The fourth-order valence-corrected chi connectivity index (χ4v) is 5.98. The average molecular weight is 622 g/mol. The number of nitrogens with zero attached hydrogens (tertiary/aromatic N) is 2. The summed E-state index contributed by atoms with van der Waals surface area (Å²) < 4.78 is 0. The number of nitrogens with one attached hydrogen (secondary N) is 3. The third-order valence-electron chi connectivity index (χ3n) is 9.12. The number of amides is 3. The van der Waals surface area contributed by atoms with Crippen molar-refractivity contribution in [2.45, 2.75) is 103 Å². The molecule has 11 nitrogen and oxygen atoms in total. The van der Waals surface area contributed by atoms with Crippen molar-refractivity contribution in [3.63, 3.8) is 0 Å². The van der Waals surface area contributed by atoms with E-state index in [1.807, 2.05) is 56.3 Å². The molecule has 1 unspecified atom stereocenters. The van der Waals surface area contributed by atoms with Crippen LogP contribution in [0.1, 0.15) is 84.4 Å². The van der Waals surface area contributed by atoms with Crippen molar-refractivity contribution in [1.82, 2.24) is 26.1 Å². The van der Waals surface area contributed by atoms with Gasteiger partial charge in [0.05, 0.1) is 16.5 Å². The number of carbonyl (C=O) groups is 4. The first-order chi connectivity index (χ1) is 21.2. The lowest BCUT2D eigenvalue weighted by molar-refractivity contribution is -0.148. The molecule has 1 saturated carbocycles. The van der Waals surface area contributed by atoms with Gasteiger partial charge in [0.15, 0.2) is 0 Å². The molecule has 5 N–H and O–H groups in total. The lowest BCUT2D eigenvalue weighted by Gasteiger charge is -2.41. The zero-order chi connectivity index (χ0) is 32.9. The van der Waals surface area contributed by atoms with Crippen LogP contribution in [0.4, 0.5) is 0 Å². The first-order valence-corrected chi connectivity index (χ1v) is 16.0. The Morgan fingerprint density at radius 3 is 2.42 bits per heavy atom. The molecule has 1 aromatic carbocycles. The maximum Gasteiger partial charge on any atom is 0.322 e. The number of aryl methyl sites for hydroxylation is 1. The highest BCUT2D eigenvalue weighted by Gasteiger charge is 2.44. The number of aliphatic hydroxyl groups is 1. The van der Waals surface area contributed by atoms with Crippen LogP contribution in [0.25, 0.3) is 17.0 Å². The summed E-state index contributed by atoms with van der Waals surface area (Å²) >= 11 is 0. The number of benzene rings is 1. The summed E-state index contributed by atoms with van der Waals surface area (Å²) in [5, 5.41) is 28.0. The van der Waals surface area contributed by atoms with Gasteiger partial charge in [0.2, 0.25) is 11.8 Å². The SMILES string of the molecule is CCc1ccc2ccc(/C=C/[C@]3(C(=O)N[C@H](C(=O)NC(C)C(=O)N4CCC[C@@H](C(=O)O)N4)C(C)C)CC[C@@](C)(O)CC3)cc2n1. The van der Waals surface area contributed by atoms with Gasteiger partial charge in [0.25, 0.3) is 5.91 Å². The second kappa shape index (κ2) is 14.1. The van der Waals surface area contributed by atoms with Crippen LogP contribution in [0.3, 0.4) is 0 Å². The molecule has 11 heteroatoms. The molecule has 1 aromatic heterocycles. The van der Waals surface area contributed by atoms with Crippen molar-refractivity contribution < 1.29 is 29.4 Å². The molecule has 2 aromatic rings. The third-order valence-corrected chi connectivity index (χ3v) is 9.12. The molecule has 1 aliphatic carbocycles. The van der Waals surface area contributed by atoms with E-state index < -0.39 is 46.9 Å². The minimum atomic E-state index is -1.04. The number of rotatable bonds is 10. The van der Waals surface area contributed by atoms with Crippen LogP contribution in [0.5, 0.6) is 0 Å². The van der Waals surface area contributed by atoms with E-state index in [1.165, 1.54) is 5.01 Å². The van der Waals surface area contributed by atoms with Gasteiger partial charge in [0, 0.05) is 17.6 Å². The van der Waals surface area contributed by atoms with Crippen LogP contribution in [-0.4, -0.2) is 74.2 Å². The van der Waals surface area contributed by atoms with Gasteiger partial charge < -0.3 is 20.8 Å². The summed E-state index contributed by atoms with van der Waals surface area (Å²) in [6.45, 7) is 9.35. The number of carboxylic acids is 1. The minimum absolute atomic E-state index is 0.284. The number of carboxylic acid groups (broad SMARTS) is 1. The first-order valence-electron chi connectivity index (χ1n) is 16.0. The molecule has 2 fully saturated rings. The Balaban J connectivity index is 1.51. The zero-order valence-electron chi connectivity index (χ0n) is 26.9. The highest BCUT2D eigenvalue weighted by Crippen LogP contribution is 2.43. The molecule has 45 heavy (non-hydrogen) atoms. The van der Waals surface area contributed by atoms with Crippen LogP contribution in [0.15, 0.2) is 36.4 Å². The lowest BCUT2D eigenvalue weighted by atomic mass is 9.68. The number of pyridine rings is 1. The van der Waals surface area contributed by atoms with Gasteiger partial charge in [-0.05, 0) is 82.4 Å². The van der Waals surface area contributed by atoms with Crippen molar-refractivity contribution in [3.05, 3.63) is 47.7 Å². The van der Waals surface area contributed by atoms with E-state index in [2.05, 4.69) is 23.0 Å². The topological polar surface area (TPSA) is 161 Å². The predicted molar refractivity (Wildman–Crippen MR) is 172 cm³/mol. The maximum absolute atomic E-state index is 14.1. The molecule has 0 radical (unpaired) electrons. The zero-order valence-corrected chi connectivity index (χ0v) is 26.9. The first kappa shape index (κ1) is 34.1. The third kappa shape index (κ3) is 8.26. The number of fused-ring (bicyclic) bond motifs is 1. The van der Waals surface area contributed by atoms with Crippen molar-refractivity contribution in [2.24, 2.45) is 11.3 Å². The molecule has 3 amide bonds. The second-order valence-corrected chi connectivity index (χ2v) is 13.2. The normalized spacial score (nSPS) is 25.2. The van der Waals surface area contributed by atoms with Crippen LogP contribution >= 0.6 is 0 Å². The van der Waals surface area contributed by atoms with E-state index in [-0.39, 0.29) is 11.8 Å². The van der Waals surface area contributed by atoms with E-state index in [9.17, 15) is 29.4 Å².